The zero-order chi connectivity index (χ0) is 39.7. The minimum atomic E-state index is -0.540. The van der Waals surface area contributed by atoms with Crippen molar-refractivity contribution in [1.82, 2.24) is 19.8 Å². The molecule has 3 aliphatic heterocycles. The second-order valence-corrected chi connectivity index (χ2v) is 14.7. The molecular weight excluding hydrogens is 731 g/mol. The summed E-state index contributed by atoms with van der Waals surface area (Å²) >= 11 is 0. The summed E-state index contributed by atoms with van der Waals surface area (Å²) in [5, 5.41) is 6.84. The Kier molecular flexibility index (Phi) is 12.5. The van der Waals surface area contributed by atoms with E-state index < -0.39 is 6.29 Å². The summed E-state index contributed by atoms with van der Waals surface area (Å²) in [7, 11) is 5.56. The predicted octanol–water partition coefficient (Wildman–Crippen LogP) is 7.22. The molecule has 58 heavy (non-hydrogen) atoms. The number of piperazine rings is 1. The van der Waals surface area contributed by atoms with Gasteiger partial charge in [-0.2, -0.15) is 4.98 Å². The Morgan fingerprint density at radius 3 is 2.29 bits per heavy atom. The fraction of sp³-hybridized carbons (Fsp3) is 0.348. The van der Waals surface area contributed by atoms with E-state index in [-0.39, 0.29) is 0 Å². The Bertz CT molecular complexity index is 2190. The number of benzene rings is 4. The highest BCUT2D eigenvalue weighted by Crippen LogP contribution is 2.35. The van der Waals surface area contributed by atoms with E-state index in [1.165, 1.54) is 12.8 Å². The molecule has 4 heterocycles. The molecule has 3 fully saturated rings. The maximum absolute atomic E-state index is 6.26. The van der Waals surface area contributed by atoms with Gasteiger partial charge in [-0.3, -0.25) is 4.90 Å². The first-order chi connectivity index (χ1) is 28.5. The van der Waals surface area contributed by atoms with E-state index in [1.54, 1.807) is 20.4 Å². The van der Waals surface area contributed by atoms with Gasteiger partial charge in [0.15, 0.2) is 12.1 Å². The summed E-state index contributed by atoms with van der Waals surface area (Å²) in [5.74, 6) is 9.80. The molecule has 1 aromatic heterocycles. The van der Waals surface area contributed by atoms with Crippen LogP contribution in [0.15, 0.2) is 97.2 Å². The van der Waals surface area contributed by atoms with Crippen LogP contribution in [0.5, 0.6) is 17.2 Å². The summed E-state index contributed by atoms with van der Waals surface area (Å²) in [5.41, 5.74) is 6.02. The Balaban J connectivity index is 0.994. The minimum Gasteiger partial charge on any atom is -0.497 e. The van der Waals surface area contributed by atoms with Crippen molar-refractivity contribution in [1.29, 1.82) is 0 Å². The first-order valence-corrected chi connectivity index (χ1v) is 20.0. The highest BCUT2D eigenvalue weighted by Gasteiger charge is 2.27. The molecule has 0 saturated carbocycles. The highest BCUT2D eigenvalue weighted by atomic mass is 16.7. The van der Waals surface area contributed by atoms with Crippen LogP contribution in [-0.4, -0.2) is 99.6 Å². The number of hydrogen-bond acceptors (Lipinski definition) is 12. The van der Waals surface area contributed by atoms with Crippen LogP contribution in [0.2, 0.25) is 0 Å². The van der Waals surface area contributed by atoms with Gasteiger partial charge in [0.1, 0.15) is 23.9 Å². The van der Waals surface area contributed by atoms with Crippen molar-refractivity contribution in [2.45, 2.75) is 31.8 Å². The van der Waals surface area contributed by atoms with Gasteiger partial charge in [0.2, 0.25) is 5.95 Å². The lowest BCUT2D eigenvalue weighted by atomic mass is 10.0. The van der Waals surface area contributed by atoms with Gasteiger partial charge in [-0.25, -0.2) is 4.98 Å². The molecule has 12 nitrogen and oxygen atoms in total. The maximum Gasteiger partial charge on any atom is 0.229 e. The summed E-state index contributed by atoms with van der Waals surface area (Å²) in [6, 6.07) is 30.5. The second-order valence-electron chi connectivity index (χ2n) is 14.7. The van der Waals surface area contributed by atoms with E-state index in [9.17, 15) is 0 Å². The smallest absolute Gasteiger partial charge is 0.229 e. The van der Waals surface area contributed by atoms with E-state index in [0.717, 1.165) is 84.5 Å². The van der Waals surface area contributed by atoms with Gasteiger partial charge < -0.3 is 44.1 Å². The molecule has 300 valence electrons. The van der Waals surface area contributed by atoms with Gasteiger partial charge in [0.25, 0.3) is 0 Å². The summed E-state index contributed by atoms with van der Waals surface area (Å²) < 4.78 is 29.2. The van der Waals surface area contributed by atoms with Crippen molar-refractivity contribution < 1.29 is 23.7 Å². The molecule has 0 bridgehead atoms. The van der Waals surface area contributed by atoms with Crippen LogP contribution in [0.3, 0.4) is 0 Å². The fourth-order valence-corrected chi connectivity index (χ4v) is 7.57. The summed E-state index contributed by atoms with van der Waals surface area (Å²) in [6.07, 6.45) is 3.53. The molecule has 3 saturated heterocycles. The topological polar surface area (TPSA) is 106 Å². The molecule has 12 heteroatoms. The number of ether oxygens (including phenoxy) is 5. The van der Waals surface area contributed by atoms with E-state index in [0.29, 0.717) is 48.9 Å². The molecular formula is C46H51N7O5. The lowest BCUT2D eigenvalue weighted by Gasteiger charge is -2.42. The molecule has 5 aromatic rings. The molecule has 0 spiro atoms. The molecule has 0 unspecified atom stereocenters. The van der Waals surface area contributed by atoms with Crippen molar-refractivity contribution in [2.75, 3.05) is 89.3 Å². The normalized spacial score (nSPS) is 16.7. The van der Waals surface area contributed by atoms with Crippen molar-refractivity contribution in [3.8, 4) is 29.1 Å². The number of methoxy groups -OCH3 is 2. The van der Waals surface area contributed by atoms with Crippen LogP contribution in [0.1, 0.15) is 41.4 Å². The average molecular weight is 782 g/mol. The van der Waals surface area contributed by atoms with E-state index in [4.69, 9.17) is 28.7 Å². The number of nitrogens with one attached hydrogen (secondary N) is 2. The molecule has 0 amide bonds. The maximum atomic E-state index is 6.26. The third kappa shape index (κ3) is 9.64. The van der Waals surface area contributed by atoms with Crippen LogP contribution < -0.4 is 29.7 Å². The molecule has 8 rings (SSSR count). The van der Waals surface area contributed by atoms with Crippen molar-refractivity contribution in [3.63, 3.8) is 0 Å². The first-order valence-electron chi connectivity index (χ1n) is 20.0. The Morgan fingerprint density at radius 2 is 1.55 bits per heavy atom. The van der Waals surface area contributed by atoms with Crippen molar-refractivity contribution >= 4 is 28.8 Å². The van der Waals surface area contributed by atoms with Crippen LogP contribution in [0, 0.1) is 11.8 Å². The number of likely N-dealkylation sites (N-methyl/N-ethyl adjacent to an activating group) is 1. The quantitative estimate of drug-likeness (QED) is 0.125. The van der Waals surface area contributed by atoms with Gasteiger partial charge in [-0.15, -0.1) is 0 Å². The number of anilines is 5. The lowest BCUT2D eigenvalue weighted by molar-refractivity contribution is -0.0458. The van der Waals surface area contributed by atoms with Gasteiger partial charge in [-0.05, 0) is 80.1 Å². The molecule has 0 atom stereocenters. The van der Waals surface area contributed by atoms with Gasteiger partial charge >= 0.3 is 0 Å². The zero-order valence-electron chi connectivity index (χ0n) is 33.4. The van der Waals surface area contributed by atoms with E-state index >= 15 is 0 Å². The van der Waals surface area contributed by atoms with Crippen LogP contribution in [0.4, 0.5) is 28.8 Å². The summed E-state index contributed by atoms with van der Waals surface area (Å²) in [4.78, 5) is 17.2. The SMILES string of the molecule is COc1ccc(COc2ccc(C#Cc3cnc(Nc4ccc(N5CCC(N6CCN(C)CC6)CC5)cc4OC)nc3Nc3ccccc3)cc2C2OCCO2)cc1. The second kappa shape index (κ2) is 18.6. The molecule has 3 aliphatic rings. The van der Waals surface area contributed by atoms with Gasteiger partial charge in [0, 0.05) is 68.3 Å². The molecule has 2 N–H and O–H groups in total. The standard InChI is InChI=1S/C46H51N7O5/c1-51-23-25-53(26-24-51)37-19-21-52(22-20-37)38-14-17-41(43(30-38)55-3)49-46-47-31-35(44(50-46)48-36-7-5-4-6-8-36)13-9-33-12-18-42(40(29-33)45-56-27-28-57-45)58-32-34-10-15-39(54-2)16-11-34/h4-8,10-12,14-18,29-31,37,45H,19-28,32H2,1-3H3,(H2,47,48,49,50). The number of para-hydroxylation sites is 1. The Labute approximate surface area is 341 Å². The predicted molar refractivity (Wildman–Crippen MR) is 227 cm³/mol. The third-order valence-electron chi connectivity index (χ3n) is 10.9. The number of rotatable bonds is 12. The van der Waals surface area contributed by atoms with Crippen LogP contribution >= 0.6 is 0 Å². The lowest BCUT2D eigenvalue weighted by Crippen LogP contribution is -2.52. The van der Waals surface area contributed by atoms with E-state index in [2.05, 4.69) is 61.3 Å². The first kappa shape index (κ1) is 39.0. The van der Waals surface area contributed by atoms with Crippen LogP contribution in [0.25, 0.3) is 0 Å². The fourth-order valence-electron chi connectivity index (χ4n) is 7.57. The van der Waals surface area contributed by atoms with Crippen molar-refractivity contribution in [2.24, 2.45) is 0 Å². The molecule has 0 radical (unpaired) electrons. The number of piperidine rings is 1. The average Bonchev–Trinajstić information content (AvgIpc) is 3.82. The van der Waals surface area contributed by atoms with Gasteiger partial charge in [0.05, 0.1) is 50.4 Å². The third-order valence-corrected chi connectivity index (χ3v) is 10.9. The number of hydrogen-bond donors (Lipinski definition) is 2. The molecule has 4 aromatic carbocycles. The number of aromatic nitrogens is 2. The zero-order valence-corrected chi connectivity index (χ0v) is 33.4. The highest BCUT2D eigenvalue weighted by molar-refractivity contribution is 5.70. The Morgan fingerprint density at radius 1 is 0.776 bits per heavy atom. The monoisotopic (exact) mass is 781 g/mol. The summed E-state index contributed by atoms with van der Waals surface area (Å²) in [6.45, 7) is 8.09. The largest absolute Gasteiger partial charge is 0.497 e. The number of nitrogens with zero attached hydrogens (tertiary/aromatic N) is 5. The van der Waals surface area contributed by atoms with Gasteiger partial charge in [-0.1, -0.05) is 42.2 Å². The van der Waals surface area contributed by atoms with Crippen LogP contribution in [-0.2, 0) is 16.1 Å². The van der Waals surface area contributed by atoms with E-state index in [1.807, 2.05) is 78.9 Å². The Hall–Kier alpha value is -5.84. The minimum absolute atomic E-state index is 0.382. The molecule has 0 aliphatic carbocycles. The van der Waals surface area contributed by atoms with Crippen molar-refractivity contribution in [3.05, 3.63) is 119 Å².